The second kappa shape index (κ2) is 8.89. The lowest BCUT2D eigenvalue weighted by molar-refractivity contribution is -0.124. The number of ether oxygens (including phenoxy) is 1. The number of rotatable bonds is 7. The molecule has 0 aliphatic carbocycles. The molecule has 0 unspecified atom stereocenters. The van der Waals surface area contributed by atoms with E-state index in [1.54, 1.807) is 6.07 Å². The average Bonchev–Trinajstić information content (AvgIpc) is 2.65. The van der Waals surface area contributed by atoms with Gasteiger partial charge in [-0.3, -0.25) is 4.79 Å². The molecule has 0 atom stereocenters. The summed E-state index contributed by atoms with van der Waals surface area (Å²) in [5.74, 6) is -3.42. The van der Waals surface area contributed by atoms with E-state index in [1.807, 2.05) is 0 Å². The van der Waals surface area contributed by atoms with Gasteiger partial charge in [-0.25, -0.2) is 26.3 Å². The molecule has 2 aromatic rings. The number of nitrogens with zero attached hydrogens (tertiary/aromatic N) is 1. The number of hydrogen-bond donors (Lipinski definition) is 1. The zero-order valence-electron chi connectivity index (χ0n) is 15.1. The number of hydrogen-bond acceptors (Lipinski definition) is 5. The standard InChI is InChI=1S/C18H18F2N2O5S/c1-22(2)28(25,26)13-7-8-16(20)14(9-13)18(24)27-11-17(23)21-10-12-5-3-4-6-15(12)19/h3-9H,10-11H2,1-2H3,(H,21,23). The van der Waals surface area contributed by atoms with Crippen molar-refractivity contribution in [2.24, 2.45) is 0 Å². The van der Waals surface area contributed by atoms with Crippen LogP contribution in [0.25, 0.3) is 0 Å². The number of nitrogens with one attached hydrogen (secondary N) is 1. The maximum absolute atomic E-state index is 13.9. The molecule has 0 aliphatic rings. The van der Waals surface area contributed by atoms with Crippen molar-refractivity contribution in [3.63, 3.8) is 0 Å². The zero-order chi connectivity index (χ0) is 20.9. The molecule has 7 nitrogen and oxygen atoms in total. The highest BCUT2D eigenvalue weighted by Crippen LogP contribution is 2.18. The van der Waals surface area contributed by atoms with E-state index in [0.717, 1.165) is 22.5 Å². The largest absolute Gasteiger partial charge is 0.452 e. The summed E-state index contributed by atoms with van der Waals surface area (Å²) < 4.78 is 57.2. The lowest BCUT2D eigenvalue weighted by atomic mass is 10.2. The summed E-state index contributed by atoms with van der Waals surface area (Å²) in [6.07, 6.45) is 0. The van der Waals surface area contributed by atoms with Crippen LogP contribution in [0.5, 0.6) is 0 Å². The Kier molecular flexibility index (Phi) is 6.81. The van der Waals surface area contributed by atoms with Crippen LogP contribution in [-0.4, -0.2) is 45.3 Å². The van der Waals surface area contributed by atoms with Gasteiger partial charge in [-0.2, -0.15) is 0 Å². The number of amides is 1. The van der Waals surface area contributed by atoms with Gasteiger partial charge in [0.1, 0.15) is 11.6 Å². The molecular weight excluding hydrogens is 394 g/mol. The Morgan fingerprint density at radius 2 is 1.75 bits per heavy atom. The summed E-state index contributed by atoms with van der Waals surface area (Å²) in [7, 11) is -1.30. The van der Waals surface area contributed by atoms with Crippen molar-refractivity contribution < 1.29 is 31.5 Å². The summed E-state index contributed by atoms with van der Waals surface area (Å²) in [4.78, 5) is 23.5. The Hall–Kier alpha value is -2.85. The second-order valence-electron chi connectivity index (χ2n) is 5.87. The molecule has 150 valence electrons. The molecule has 0 aliphatic heterocycles. The summed E-state index contributed by atoms with van der Waals surface area (Å²) in [6, 6.07) is 8.49. The summed E-state index contributed by atoms with van der Waals surface area (Å²) in [5.41, 5.74) is -0.375. The monoisotopic (exact) mass is 412 g/mol. The van der Waals surface area contributed by atoms with E-state index in [2.05, 4.69) is 5.32 Å². The van der Waals surface area contributed by atoms with Gasteiger partial charge in [0.05, 0.1) is 10.5 Å². The minimum Gasteiger partial charge on any atom is -0.452 e. The number of halogens is 2. The van der Waals surface area contributed by atoms with Crippen molar-refractivity contribution in [3.05, 3.63) is 65.2 Å². The first-order valence-electron chi connectivity index (χ1n) is 8.02. The van der Waals surface area contributed by atoms with Crippen LogP contribution in [0, 0.1) is 11.6 Å². The maximum Gasteiger partial charge on any atom is 0.341 e. The Labute approximate surface area is 161 Å². The highest BCUT2D eigenvalue weighted by atomic mass is 32.2. The quantitative estimate of drug-likeness (QED) is 0.699. The van der Waals surface area contributed by atoms with E-state index < -0.39 is 45.7 Å². The average molecular weight is 412 g/mol. The van der Waals surface area contributed by atoms with Crippen molar-refractivity contribution in [1.29, 1.82) is 0 Å². The molecule has 0 bridgehead atoms. The van der Waals surface area contributed by atoms with Crippen molar-refractivity contribution in [1.82, 2.24) is 9.62 Å². The van der Waals surface area contributed by atoms with E-state index in [4.69, 9.17) is 4.74 Å². The normalized spacial score (nSPS) is 11.3. The zero-order valence-corrected chi connectivity index (χ0v) is 15.9. The number of sulfonamides is 1. The first-order chi connectivity index (χ1) is 13.1. The Morgan fingerprint density at radius 3 is 2.39 bits per heavy atom. The Balaban J connectivity index is 2.01. The fourth-order valence-electron chi connectivity index (χ4n) is 2.13. The van der Waals surface area contributed by atoms with Gasteiger partial charge >= 0.3 is 5.97 Å². The highest BCUT2D eigenvalue weighted by Gasteiger charge is 2.22. The predicted molar refractivity (Wildman–Crippen MR) is 95.8 cm³/mol. The minimum absolute atomic E-state index is 0.117. The van der Waals surface area contributed by atoms with E-state index in [-0.39, 0.29) is 17.0 Å². The highest BCUT2D eigenvalue weighted by molar-refractivity contribution is 7.89. The SMILES string of the molecule is CN(C)S(=O)(=O)c1ccc(F)c(C(=O)OCC(=O)NCc2ccccc2F)c1. The fourth-order valence-corrected chi connectivity index (χ4v) is 3.06. The van der Waals surface area contributed by atoms with Gasteiger partial charge in [-0.1, -0.05) is 18.2 Å². The van der Waals surface area contributed by atoms with Gasteiger partial charge in [0.15, 0.2) is 6.61 Å². The smallest absolute Gasteiger partial charge is 0.341 e. The summed E-state index contributed by atoms with van der Waals surface area (Å²) in [6.45, 7) is -0.856. The van der Waals surface area contributed by atoms with Gasteiger partial charge in [0, 0.05) is 26.2 Å². The van der Waals surface area contributed by atoms with Crippen molar-refractivity contribution >= 4 is 21.9 Å². The molecular formula is C18H18F2N2O5S. The Bertz CT molecular complexity index is 993. The van der Waals surface area contributed by atoms with Crippen LogP contribution in [-0.2, 0) is 26.1 Å². The van der Waals surface area contributed by atoms with Crippen LogP contribution in [0.2, 0.25) is 0 Å². The molecule has 1 amide bonds. The Morgan fingerprint density at radius 1 is 1.07 bits per heavy atom. The third-order valence-electron chi connectivity index (χ3n) is 3.70. The molecule has 0 saturated carbocycles. The third kappa shape index (κ3) is 5.11. The number of carbonyl (C=O) groups excluding carboxylic acids is 2. The van der Waals surface area contributed by atoms with E-state index >= 15 is 0 Å². The fraction of sp³-hybridized carbons (Fsp3) is 0.222. The molecule has 10 heteroatoms. The van der Waals surface area contributed by atoms with Crippen LogP contribution >= 0.6 is 0 Å². The molecule has 2 rings (SSSR count). The summed E-state index contributed by atoms with van der Waals surface area (Å²) >= 11 is 0. The van der Waals surface area contributed by atoms with Gasteiger partial charge < -0.3 is 10.1 Å². The molecule has 0 radical (unpaired) electrons. The lowest BCUT2D eigenvalue weighted by Gasteiger charge is -2.12. The van der Waals surface area contributed by atoms with Crippen molar-refractivity contribution in [3.8, 4) is 0 Å². The van der Waals surface area contributed by atoms with Crippen LogP contribution in [0.4, 0.5) is 8.78 Å². The molecule has 28 heavy (non-hydrogen) atoms. The molecule has 0 saturated heterocycles. The number of carbonyl (C=O) groups is 2. The molecule has 0 spiro atoms. The van der Waals surface area contributed by atoms with Crippen LogP contribution in [0.1, 0.15) is 15.9 Å². The van der Waals surface area contributed by atoms with Crippen LogP contribution < -0.4 is 5.32 Å². The number of benzene rings is 2. The first-order valence-corrected chi connectivity index (χ1v) is 9.46. The van der Waals surface area contributed by atoms with Gasteiger partial charge in [0.2, 0.25) is 10.0 Å². The molecule has 0 fully saturated rings. The van der Waals surface area contributed by atoms with E-state index in [1.165, 1.54) is 32.3 Å². The van der Waals surface area contributed by atoms with E-state index in [0.29, 0.717) is 0 Å². The third-order valence-corrected chi connectivity index (χ3v) is 5.52. The lowest BCUT2D eigenvalue weighted by Crippen LogP contribution is -2.29. The molecule has 1 N–H and O–H groups in total. The molecule has 2 aromatic carbocycles. The maximum atomic E-state index is 13.9. The topological polar surface area (TPSA) is 92.8 Å². The van der Waals surface area contributed by atoms with Crippen LogP contribution in [0.15, 0.2) is 47.4 Å². The summed E-state index contributed by atoms with van der Waals surface area (Å²) in [5, 5.41) is 2.36. The minimum atomic E-state index is -3.88. The van der Waals surface area contributed by atoms with Crippen LogP contribution in [0.3, 0.4) is 0 Å². The predicted octanol–water partition coefficient (Wildman–Crippen LogP) is 1.69. The van der Waals surface area contributed by atoms with E-state index in [9.17, 15) is 26.8 Å². The molecule has 0 heterocycles. The molecule has 0 aromatic heterocycles. The first kappa shape index (κ1) is 21.5. The van der Waals surface area contributed by atoms with Gasteiger partial charge in [0.25, 0.3) is 5.91 Å². The van der Waals surface area contributed by atoms with Gasteiger partial charge in [-0.05, 0) is 24.3 Å². The van der Waals surface area contributed by atoms with Crippen molar-refractivity contribution in [2.75, 3.05) is 20.7 Å². The van der Waals surface area contributed by atoms with Gasteiger partial charge in [-0.15, -0.1) is 0 Å². The second-order valence-corrected chi connectivity index (χ2v) is 8.03. The van der Waals surface area contributed by atoms with Crippen molar-refractivity contribution in [2.45, 2.75) is 11.4 Å². The number of esters is 1.